The van der Waals surface area contributed by atoms with Gasteiger partial charge in [-0.25, -0.2) is 4.39 Å². The van der Waals surface area contributed by atoms with E-state index < -0.39 is 0 Å². The molecular weight excluding hydrogens is 245 g/mol. The van der Waals surface area contributed by atoms with Crippen molar-refractivity contribution in [3.63, 3.8) is 0 Å². The van der Waals surface area contributed by atoms with Gasteiger partial charge >= 0.3 is 0 Å². The summed E-state index contributed by atoms with van der Waals surface area (Å²) in [5.41, 5.74) is 0.877. The maximum atomic E-state index is 13.8. The van der Waals surface area contributed by atoms with Crippen LogP contribution in [0, 0.1) is 5.82 Å². The van der Waals surface area contributed by atoms with E-state index in [2.05, 4.69) is 5.32 Å². The second-order valence-corrected chi connectivity index (χ2v) is 4.07. The molecular formula is C15H16FNO2. The fourth-order valence-corrected chi connectivity index (χ4v) is 1.71. The zero-order valence-corrected chi connectivity index (χ0v) is 10.9. The number of halogens is 1. The normalized spacial score (nSPS) is 10.3. The summed E-state index contributed by atoms with van der Waals surface area (Å²) in [5.74, 6) is 1.15. The molecule has 3 nitrogen and oxygen atoms in total. The van der Waals surface area contributed by atoms with Crippen molar-refractivity contribution >= 4 is 0 Å². The van der Waals surface area contributed by atoms with E-state index in [1.54, 1.807) is 37.4 Å². The van der Waals surface area contributed by atoms with Crippen molar-refractivity contribution < 1.29 is 13.9 Å². The van der Waals surface area contributed by atoms with Gasteiger partial charge in [0.25, 0.3) is 0 Å². The molecule has 0 bridgehead atoms. The van der Waals surface area contributed by atoms with Crippen LogP contribution in [0.1, 0.15) is 5.56 Å². The third kappa shape index (κ3) is 3.45. The fraction of sp³-hybridized carbons (Fsp3) is 0.200. The molecule has 0 radical (unpaired) electrons. The predicted molar refractivity (Wildman–Crippen MR) is 72.2 cm³/mol. The van der Waals surface area contributed by atoms with Crippen molar-refractivity contribution in [1.29, 1.82) is 0 Å². The summed E-state index contributed by atoms with van der Waals surface area (Å²) in [6.45, 7) is 0.625. The zero-order chi connectivity index (χ0) is 13.7. The Hall–Kier alpha value is -2.07. The summed E-state index contributed by atoms with van der Waals surface area (Å²) >= 11 is 0. The Morgan fingerprint density at radius 1 is 1.05 bits per heavy atom. The third-order valence-electron chi connectivity index (χ3n) is 2.66. The van der Waals surface area contributed by atoms with Crippen LogP contribution in [0.25, 0.3) is 0 Å². The van der Waals surface area contributed by atoms with Crippen LogP contribution in [0.3, 0.4) is 0 Å². The van der Waals surface area contributed by atoms with Crippen LogP contribution in [0.15, 0.2) is 42.5 Å². The summed E-state index contributed by atoms with van der Waals surface area (Å²) in [6.07, 6.45) is 0. The molecule has 0 spiro atoms. The van der Waals surface area contributed by atoms with Crippen LogP contribution in [-0.2, 0) is 6.54 Å². The monoisotopic (exact) mass is 261 g/mol. The first kappa shape index (κ1) is 13.4. The van der Waals surface area contributed by atoms with E-state index in [1.165, 1.54) is 6.07 Å². The number of hydrogen-bond donors (Lipinski definition) is 1. The highest BCUT2D eigenvalue weighted by Gasteiger charge is 2.06. The Labute approximate surface area is 112 Å². The lowest BCUT2D eigenvalue weighted by Crippen LogP contribution is -2.05. The van der Waals surface area contributed by atoms with Gasteiger partial charge in [-0.3, -0.25) is 0 Å². The van der Waals surface area contributed by atoms with Gasteiger partial charge in [0.2, 0.25) is 0 Å². The topological polar surface area (TPSA) is 30.5 Å². The molecule has 19 heavy (non-hydrogen) atoms. The van der Waals surface area contributed by atoms with Gasteiger partial charge in [0.1, 0.15) is 11.5 Å². The average Bonchev–Trinajstić information content (AvgIpc) is 2.43. The lowest BCUT2D eigenvalue weighted by molar-refractivity contribution is 0.411. The Bertz CT molecular complexity index is 540. The van der Waals surface area contributed by atoms with E-state index in [4.69, 9.17) is 9.47 Å². The van der Waals surface area contributed by atoms with E-state index in [1.807, 2.05) is 13.1 Å². The Kier molecular flexibility index (Phi) is 4.36. The second-order valence-electron chi connectivity index (χ2n) is 4.07. The third-order valence-corrected chi connectivity index (χ3v) is 2.66. The van der Waals surface area contributed by atoms with E-state index in [0.717, 1.165) is 11.3 Å². The molecule has 0 aliphatic carbocycles. The maximum Gasteiger partial charge on any atom is 0.166 e. The Morgan fingerprint density at radius 2 is 1.74 bits per heavy atom. The van der Waals surface area contributed by atoms with E-state index in [9.17, 15) is 4.39 Å². The molecule has 0 atom stereocenters. The smallest absolute Gasteiger partial charge is 0.166 e. The molecule has 4 heteroatoms. The van der Waals surface area contributed by atoms with Gasteiger partial charge in [0.15, 0.2) is 11.6 Å². The van der Waals surface area contributed by atoms with Crippen molar-refractivity contribution in [3.8, 4) is 17.2 Å². The lowest BCUT2D eigenvalue weighted by atomic mass is 10.2. The van der Waals surface area contributed by atoms with E-state index in [-0.39, 0.29) is 11.6 Å². The second kappa shape index (κ2) is 6.20. The molecule has 2 rings (SSSR count). The number of rotatable bonds is 5. The van der Waals surface area contributed by atoms with Gasteiger partial charge in [0, 0.05) is 6.54 Å². The average molecular weight is 261 g/mol. The van der Waals surface area contributed by atoms with Crippen molar-refractivity contribution in [2.45, 2.75) is 6.54 Å². The van der Waals surface area contributed by atoms with E-state index in [0.29, 0.717) is 12.3 Å². The van der Waals surface area contributed by atoms with Gasteiger partial charge < -0.3 is 14.8 Å². The van der Waals surface area contributed by atoms with Crippen molar-refractivity contribution in [1.82, 2.24) is 5.32 Å². The first-order valence-corrected chi connectivity index (χ1v) is 5.98. The SMILES string of the molecule is CNCc1ccc(Oc2ccc(OC)cc2)c(F)c1. The van der Waals surface area contributed by atoms with Gasteiger partial charge in [-0.1, -0.05) is 6.07 Å². The molecule has 1 N–H and O–H groups in total. The predicted octanol–water partition coefficient (Wildman–Crippen LogP) is 3.35. The molecule has 0 heterocycles. The zero-order valence-electron chi connectivity index (χ0n) is 10.9. The van der Waals surface area contributed by atoms with Crippen LogP contribution in [0.5, 0.6) is 17.2 Å². The number of benzene rings is 2. The van der Waals surface area contributed by atoms with Crippen LogP contribution in [-0.4, -0.2) is 14.2 Å². The largest absolute Gasteiger partial charge is 0.497 e. The van der Waals surface area contributed by atoms with Gasteiger partial charge in [0.05, 0.1) is 7.11 Å². The molecule has 0 aliphatic heterocycles. The van der Waals surface area contributed by atoms with Gasteiger partial charge in [-0.2, -0.15) is 0 Å². The summed E-state index contributed by atoms with van der Waals surface area (Å²) in [6, 6.07) is 11.9. The molecule has 0 saturated carbocycles. The van der Waals surface area contributed by atoms with Crippen LogP contribution in [0.4, 0.5) is 4.39 Å². The van der Waals surface area contributed by atoms with Gasteiger partial charge in [-0.05, 0) is 49.0 Å². The molecule has 2 aromatic carbocycles. The summed E-state index contributed by atoms with van der Waals surface area (Å²) < 4.78 is 24.4. The highest BCUT2D eigenvalue weighted by molar-refractivity contribution is 5.37. The maximum absolute atomic E-state index is 13.8. The summed E-state index contributed by atoms with van der Waals surface area (Å²) in [7, 11) is 3.41. The molecule has 0 aliphatic rings. The molecule has 0 saturated heterocycles. The summed E-state index contributed by atoms with van der Waals surface area (Å²) in [5, 5.41) is 2.97. The van der Waals surface area contributed by atoms with Gasteiger partial charge in [-0.15, -0.1) is 0 Å². The number of ether oxygens (including phenoxy) is 2. The quantitative estimate of drug-likeness (QED) is 0.895. The van der Waals surface area contributed by atoms with Crippen molar-refractivity contribution in [3.05, 3.63) is 53.8 Å². The Balaban J connectivity index is 2.13. The highest BCUT2D eigenvalue weighted by atomic mass is 19.1. The lowest BCUT2D eigenvalue weighted by Gasteiger charge is -2.09. The van der Waals surface area contributed by atoms with E-state index >= 15 is 0 Å². The summed E-state index contributed by atoms with van der Waals surface area (Å²) in [4.78, 5) is 0. The first-order chi connectivity index (χ1) is 9.22. The van der Waals surface area contributed by atoms with Crippen LogP contribution in [0.2, 0.25) is 0 Å². The highest BCUT2D eigenvalue weighted by Crippen LogP contribution is 2.26. The number of methoxy groups -OCH3 is 1. The standard InChI is InChI=1S/C15H16FNO2/c1-17-10-11-3-8-15(14(16)9-11)19-13-6-4-12(18-2)5-7-13/h3-9,17H,10H2,1-2H3. The molecule has 0 unspecified atom stereocenters. The molecule has 2 aromatic rings. The fourth-order valence-electron chi connectivity index (χ4n) is 1.71. The Morgan fingerprint density at radius 3 is 2.32 bits per heavy atom. The number of nitrogens with one attached hydrogen (secondary N) is 1. The van der Waals surface area contributed by atoms with Crippen LogP contribution >= 0.6 is 0 Å². The van der Waals surface area contributed by atoms with Crippen LogP contribution < -0.4 is 14.8 Å². The van der Waals surface area contributed by atoms with Crippen molar-refractivity contribution in [2.24, 2.45) is 0 Å². The minimum absolute atomic E-state index is 0.213. The molecule has 0 fully saturated rings. The molecule has 0 amide bonds. The molecule has 100 valence electrons. The minimum Gasteiger partial charge on any atom is -0.497 e. The first-order valence-electron chi connectivity index (χ1n) is 5.98. The minimum atomic E-state index is -0.372. The van der Waals surface area contributed by atoms with Crippen molar-refractivity contribution in [2.75, 3.05) is 14.2 Å². The molecule has 0 aromatic heterocycles. The number of hydrogen-bond acceptors (Lipinski definition) is 3.